The van der Waals surface area contributed by atoms with Gasteiger partial charge in [0.25, 0.3) is 5.91 Å². The highest BCUT2D eigenvalue weighted by Crippen LogP contribution is 2.27. The highest BCUT2D eigenvalue weighted by molar-refractivity contribution is 6.31. The van der Waals surface area contributed by atoms with Crippen molar-refractivity contribution >= 4 is 23.2 Å². The van der Waals surface area contributed by atoms with Gasteiger partial charge in [0.1, 0.15) is 23.4 Å². The number of amides is 1. The summed E-state index contributed by atoms with van der Waals surface area (Å²) in [5, 5.41) is 4.91. The van der Waals surface area contributed by atoms with Crippen molar-refractivity contribution in [1.29, 1.82) is 0 Å². The highest BCUT2D eigenvalue weighted by atomic mass is 35.5. The molecule has 0 heterocycles. The van der Waals surface area contributed by atoms with Crippen LogP contribution in [-0.4, -0.2) is 19.1 Å². The standard InChI is InChI=1S/C18H19ClF2N2O2/c1-10(14-6-5-13(20)9-15(14)21)22-11(2)18(24)23-16-8-12(19)4-7-17(16)25-3/h4-11,22H,1-3H3,(H,23,24)/p+1/t10-,11-/m0/s1. The second-order valence-corrected chi connectivity index (χ2v) is 6.21. The van der Waals surface area contributed by atoms with Gasteiger partial charge in [-0.05, 0) is 44.2 Å². The van der Waals surface area contributed by atoms with Crippen LogP contribution >= 0.6 is 11.6 Å². The Bertz CT molecular complexity index is 771. The molecule has 0 bridgehead atoms. The Morgan fingerprint density at radius 1 is 1.20 bits per heavy atom. The average molecular weight is 370 g/mol. The van der Waals surface area contributed by atoms with E-state index in [4.69, 9.17) is 16.3 Å². The van der Waals surface area contributed by atoms with Crippen LogP contribution in [0.2, 0.25) is 5.02 Å². The van der Waals surface area contributed by atoms with Crippen molar-refractivity contribution in [2.24, 2.45) is 0 Å². The number of methoxy groups -OCH3 is 1. The molecule has 4 nitrogen and oxygen atoms in total. The van der Waals surface area contributed by atoms with Crippen LogP contribution in [0, 0.1) is 11.6 Å². The van der Waals surface area contributed by atoms with Gasteiger partial charge in [-0.25, -0.2) is 8.78 Å². The predicted molar refractivity (Wildman–Crippen MR) is 92.8 cm³/mol. The minimum absolute atomic E-state index is 0.282. The van der Waals surface area contributed by atoms with Crippen molar-refractivity contribution in [3.05, 3.63) is 58.6 Å². The van der Waals surface area contributed by atoms with Crippen molar-refractivity contribution in [3.8, 4) is 5.75 Å². The van der Waals surface area contributed by atoms with Gasteiger partial charge in [0, 0.05) is 16.7 Å². The Labute approximate surface area is 150 Å². The van der Waals surface area contributed by atoms with E-state index in [9.17, 15) is 13.6 Å². The van der Waals surface area contributed by atoms with E-state index in [2.05, 4.69) is 5.32 Å². The van der Waals surface area contributed by atoms with Crippen molar-refractivity contribution in [2.75, 3.05) is 12.4 Å². The smallest absolute Gasteiger partial charge is 0.282 e. The van der Waals surface area contributed by atoms with E-state index >= 15 is 0 Å². The first-order chi connectivity index (χ1) is 11.8. The van der Waals surface area contributed by atoms with Gasteiger partial charge in [-0.3, -0.25) is 4.79 Å². The zero-order valence-electron chi connectivity index (χ0n) is 14.1. The van der Waals surface area contributed by atoms with E-state index in [1.165, 1.54) is 19.2 Å². The summed E-state index contributed by atoms with van der Waals surface area (Å²) < 4.78 is 32.1. The van der Waals surface area contributed by atoms with Gasteiger partial charge >= 0.3 is 0 Å². The normalized spacial score (nSPS) is 13.2. The van der Waals surface area contributed by atoms with Gasteiger partial charge in [-0.1, -0.05) is 11.6 Å². The monoisotopic (exact) mass is 369 g/mol. The molecule has 2 rings (SSSR count). The molecule has 3 N–H and O–H groups in total. The Morgan fingerprint density at radius 3 is 2.56 bits per heavy atom. The molecule has 0 aliphatic carbocycles. The maximum Gasteiger partial charge on any atom is 0.282 e. The van der Waals surface area contributed by atoms with E-state index in [-0.39, 0.29) is 11.9 Å². The number of nitrogens with two attached hydrogens (primary N) is 1. The minimum Gasteiger partial charge on any atom is -0.495 e. The van der Waals surface area contributed by atoms with Crippen LogP contribution in [0.4, 0.5) is 14.5 Å². The number of halogens is 3. The van der Waals surface area contributed by atoms with Crippen LogP contribution in [-0.2, 0) is 4.79 Å². The number of nitrogens with one attached hydrogen (secondary N) is 1. The van der Waals surface area contributed by atoms with E-state index in [0.29, 0.717) is 22.0 Å². The molecule has 2 atom stereocenters. The Kier molecular flexibility index (Phi) is 6.33. The van der Waals surface area contributed by atoms with Crippen LogP contribution in [0.5, 0.6) is 5.75 Å². The van der Waals surface area contributed by atoms with E-state index < -0.39 is 17.7 Å². The second kappa shape index (κ2) is 8.27. The second-order valence-electron chi connectivity index (χ2n) is 5.77. The number of rotatable bonds is 6. The van der Waals surface area contributed by atoms with Crippen molar-refractivity contribution in [1.82, 2.24) is 0 Å². The van der Waals surface area contributed by atoms with E-state index in [1.807, 2.05) is 0 Å². The fraction of sp³-hybridized carbons (Fsp3) is 0.278. The predicted octanol–water partition coefficient (Wildman–Crippen LogP) is 3.28. The number of quaternary nitrogens is 1. The van der Waals surface area contributed by atoms with Gasteiger partial charge in [-0.15, -0.1) is 0 Å². The van der Waals surface area contributed by atoms with Gasteiger partial charge in [0.05, 0.1) is 12.8 Å². The molecule has 134 valence electrons. The molecule has 0 radical (unpaired) electrons. The fourth-order valence-corrected chi connectivity index (χ4v) is 2.69. The lowest BCUT2D eigenvalue weighted by Crippen LogP contribution is -2.91. The molecule has 0 spiro atoms. The summed E-state index contributed by atoms with van der Waals surface area (Å²) in [6.45, 7) is 3.45. The summed E-state index contributed by atoms with van der Waals surface area (Å²) in [6, 6.07) is 7.45. The summed E-state index contributed by atoms with van der Waals surface area (Å²) in [6.07, 6.45) is 0. The molecule has 0 fully saturated rings. The lowest BCUT2D eigenvalue weighted by Gasteiger charge is -2.18. The first-order valence-corrected chi connectivity index (χ1v) is 8.14. The Hall–Kier alpha value is -2.18. The van der Waals surface area contributed by atoms with Crippen LogP contribution in [0.15, 0.2) is 36.4 Å². The number of carbonyl (C=O) groups is 1. The number of anilines is 1. The molecule has 0 saturated heterocycles. The molecule has 0 saturated carbocycles. The first-order valence-electron chi connectivity index (χ1n) is 7.76. The number of carbonyl (C=O) groups excluding carboxylic acids is 1. The molecule has 1 amide bonds. The fourth-order valence-electron chi connectivity index (χ4n) is 2.52. The molecule has 2 aromatic carbocycles. The molecule has 0 aliphatic rings. The van der Waals surface area contributed by atoms with Crippen molar-refractivity contribution < 1.29 is 23.6 Å². The lowest BCUT2D eigenvalue weighted by molar-refractivity contribution is -0.710. The largest absolute Gasteiger partial charge is 0.495 e. The minimum atomic E-state index is -0.632. The van der Waals surface area contributed by atoms with Crippen molar-refractivity contribution in [2.45, 2.75) is 25.9 Å². The zero-order valence-corrected chi connectivity index (χ0v) is 14.9. The maximum absolute atomic E-state index is 13.9. The van der Waals surface area contributed by atoms with Gasteiger partial charge < -0.3 is 15.4 Å². The van der Waals surface area contributed by atoms with Crippen LogP contribution in [0.3, 0.4) is 0 Å². The zero-order chi connectivity index (χ0) is 18.6. The number of hydrogen-bond donors (Lipinski definition) is 2. The first kappa shape index (κ1) is 19.1. The highest BCUT2D eigenvalue weighted by Gasteiger charge is 2.23. The summed E-state index contributed by atoms with van der Waals surface area (Å²) in [5.74, 6) is -1.06. The molecule has 0 aromatic heterocycles. The third-order valence-corrected chi connectivity index (χ3v) is 4.10. The molecule has 0 aliphatic heterocycles. The average Bonchev–Trinajstić information content (AvgIpc) is 2.54. The lowest BCUT2D eigenvalue weighted by atomic mass is 10.1. The molecule has 0 unspecified atom stereocenters. The third kappa shape index (κ3) is 4.90. The summed E-state index contributed by atoms with van der Waals surface area (Å²) in [5.41, 5.74) is 0.794. The number of hydrogen-bond acceptors (Lipinski definition) is 2. The summed E-state index contributed by atoms with van der Waals surface area (Å²) in [4.78, 5) is 12.4. The Balaban J connectivity index is 2.06. The topological polar surface area (TPSA) is 54.9 Å². The maximum atomic E-state index is 13.9. The van der Waals surface area contributed by atoms with Crippen molar-refractivity contribution in [3.63, 3.8) is 0 Å². The van der Waals surface area contributed by atoms with E-state index in [0.717, 1.165) is 6.07 Å². The molecule has 25 heavy (non-hydrogen) atoms. The SMILES string of the molecule is COc1ccc(Cl)cc1NC(=O)[C@H](C)[NH2+][C@@H](C)c1ccc(F)cc1F. The van der Waals surface area contributed by atoms with Crippen LogP contribution in [0.1, 0.15) is 25.5 Å². The summed E-state index contributed by atoms with van der Waals surface area (Å²) in [7, 11) is 1.49. The molecular formula is C18H20ClF2N2O2+. The van der Waals surface area contributed by atoms with Gasteiger partial charge in [-0.2, -0.15) is 0 Å². The molecule has 7 heteroatoms. The molecular weight excluding hydrogens is 350 g/mol. The van der Waals surface area contributed by atoms with Gasteiger partial charge in [0.15, 0.2) is 6.04 Å². The van der Waals surface area contributed by atoms with E-state index in [1.54, 1.807) is 37.4 Å². The molecule has 2 aromatic rings. The van der Waals surface area contributed by atoms with Crippen LogP contribution < -0.4 is 15.4 Å². The quantitative estimate of drug-likeness (QED) is 0.821. The number of ether oxygens (including phenoxy) is 1. The third-order valence-electron chi connectivity index (χ3n) is 3.86. The number of benzene rings is 2. The van der Waals surface area contributed by atoms with Gasteiger partial charge in [0.2, 0.25) is 0 Å². The summed E-state index contributed by atoms with van der Waals surface area (Å²) >= 11 is 5.94. The Morgan fingerprint density at radius 2 is 1.92 bits per heavy atom. The van der Waals surface area contributed by atoms with Crippen LogP contribution in [0.25, 0.3) is 0 Å².